The monoisotopic (exact) mass is 376 g/mol. The Balaban J connectivity index is 2.31. The summed E-state index contributed by atoms with van der Waals surface area (Å²) >= 11 is 0. The van der Waals surface area contributed by atoms with Gasteiger partial charge in [0.05, 0.1) is 24.8 Å². The number of hydrogen-bond acceptors (Lipinski definition) is 4. The van der Waals surface area contributed by atoms with E-state index in [4.69, 9.17) is 4.74 Å². The van der Waals surface area contributed by atoms with Gasteiger partial charge in [0, 0.05) is 26.1 Å². The molecule has 2 rings (SSSR count). The maximum absolute atomic E-state index is 12.6. The quantitative estimate of drug-likeness (QED) is 0.738. The third kappa shape index (κ3) is 5.16. The fourth-order valence-electron chi connectivity index (χ4n) is 3.60. The van der Waals surface area contributed by atoms with E-state index in [1.165, 1.54) is 0 Å². The summed E-state index contributed by atoms with van der Waals surface area (Å²) in [6, 6.07) is -0.409. The summed E-state index contributed by atoms with van der Waals surface area (Å²) in [7, 11) is 0. The molecule has 1 saturated heterocycles. The number of carbonyl (C=O) groups is 1. The summed E-state index contributed by atoms with van der Waals surface area (Å²) in [4.78, 5) is 15.7. The lowest BCUT2D eigenvalue weighted by atomic mass is 9.92. The second kappa shape index (κ2) is 8.79. The molecule has 0 aliphatic carbocycles. The van der Waals surface area contributed by atoms with E-state index in [1.807, 2.05) is 11.8 Å². The van der Waals surface area contributed by atoms with Gasteiger partial charge in [-0.15, -0.1) is 0 Å². The highest BCUT2D eigenvalue weighted by atomic mass is 19.4. The Morgan fingerprint density at radius 1 is 1.35 bits per heavy atom. The van der Waals surface area contributed by atoms with Crippen molar-refractivity contribution >= 4 is 5.97 Å². The zero-order valence-electron chi connectivity index (χ0n) is 15.3. The first-order valence-corrected chi connectivity index (χ1v) is 9.06. The second-order valence-corrected chi connectivity index (χ2v) is 6.72. The van der Waals surface area contributed by atoms with Gasteiger partial charge < -0.3 is 19.6 Å². The molecule has 1 unspecified atom stereocenters. The minimum Gasteiger partial charge on any atom is -0.478 e. The number of halogens is 3. The lowest BCUT2D eigenvalue weighted by molar-refractivity contribution is -0.137. The molecule has 2 heterocycles. The fourth-order valence-corrected chi connectivity index (χ4v) is 3.60. The third-order valence-corrected chi connectivity index (χ3v) is 4.76. The smallest absolute Gasteiger partial charge is 0.389 e. The molecular formula is C18H27F3N2O3. The largest absolute Gasteiger partial charge is 0.478 e. The summed E-state index contributed by atoms with van der Waals surface area (Å²) in [5.74, 6) is -0.185. The van der Waals surface area contributed by atoms with E-state index in [-0.39, 0.29) is 18.5 Å². The Morgan fingerprint density at radius 2 is 2.00 bits per heavy atom. The van der Waals surface area contributed by atoms with Crippen LogP contribution in [0.25, 0.3) is 0 Å². The average molecular weight is 376 g/mol. The zero-order valence-corrected chi connectivity index (χ0v) is 15.3. The van der Waals surface area contributed by atoms with Crippen molar-refractivity contribution < 1.29 is 27.8 Å². The number of carboxylic acids is 1. The minimum atomic E-state index is -4.21. The van der Waals surface area contributed by atoms with Gasteiger partial charge in [-0.25, -0.2) is 4.79 Å². The normalized spacial score (nSPS) is 21.9. The molecule has 1 fully saturated rings. The van der Waals surface area contributed by atoms with Crippen LogP contribution in [0.4, 0.5) is 13.2 Å². The van der Waals surface area contributed by atoms with E-state index in [9.17, 15) is 23.1 Å². The van der Waals surface area contributed by atoms with Gasteiger partial charge in [-0.05, 0) is 31.4 Å². The molecule has 1 atom stereocenters. The first-order chi connectivity index (χ1) is 12.2. The van der Waals surface area contributed by atoms with E-state index in [0.29, 0.717) is 38.3 Å². The van der Waals surface area contributed by atoms with Gasteiger partial charge >= 0.3 is 12.1 Å². The summed E-state index contributed by atoms with van der Waals surface area (Å²) in [5, 5.41) is 9.65. The Labute approximate surface area is 152 Å². The first kappa shape index (κ1) is 20.6. The second-order valence-electron chi connectivity index (χ2n) is 6.72. The topological polar surface area (TPSA) is 53.0 Å². The number of alkyl halides is 3. The van der Waals surface area contributed by atoms with Crippen LogP contribution < -0.4 is 0 Å². The van der Waals surface area contributed by atoms with Crippen molar-refractivity contribution in [3.63, 3.8) is 0 Å². The lowest BCUT2D eigenvalue weighted by Gasteiger charge is -2.45. The van der Waals surface area contributed by atoms with Crippen LogP contribution in [-0.2, 0) is 9.53 Å². The van der Waals surface area contributed by atoms with Crippen molar-refractivity contribution in [1.29, 1.82) is 0 Å². The molecule has 0 bridgehead atoms. The molecule has 26 heavy (non-hydrogen) atoms. The van der Waals surface area contributed by atoms with E-state index in [0.717, 1.165) is 12.2 Å². The number of nitrogens with zero attached hydrogens (tertiary/aromatic N) is 2. The Hall–Kier alpha value is -1.70. The molecule has 1 N–H and O–H groups in total. The number of allylic oxidation sites excluding steroid dienone is 2. The van der Waals surface area contributed by atoms with Crippen molar-refractivity contribution in [2.75, 3.05) is 32.8 Å². The number of morpholine rings is 1. The van der Waals surface area contributed by atoms with E-state index < -0.39 is 24.6 Å². The van der Waals surface area contributed by atoms with Gasteiger partial charge in [0.2, 0.25) is 0 Å². The maximum Gasteiger partial charge on any atom is 0.389 e. The summed E-state index contributed by atoms with van der Waals surface area (Å²) in [6.07, 6.45) is -2.00. The van der Waals surface area contributed by atoms with Crippen LogP contribution in [-0.4, -0.2) is 65.9 Å². The van der Waals surface area contributed by atoms with Gasteiger partial charge in [-0.2, -0.15) is 13.2 Å². The van der Waals surface area contributed by atoms with Crippen LogP contribution in [0.2, 0.25) is 0 Å². The molecule has 148 valence electrons. The maximum atomic E-state index is 12.6. The van der Waals surface area contributed by atoms with E-state index in [2.05, 4.69) is 4.90 Å². The molecular weight excluding hydrogens is 349 g/mol. The van der Waals surface area contributed by atoms with Crippen molar-refractivity contribution in [1.82, 2.24) is 9.80 Å². The summed E-state index contributed by atoms with van der Waals surface area (Å²) < 4.78 is 43.2. The molecule has 2 aliphatic heterocycles. The van der Waals surface area contributed by atoms with Crippen LogP contribution in [0.1, 0.15) is 39.5 Å². The predicted molar refractivity (Wildman–Crippen MR) is 91.5 cm³/mol. The SMILES string of the molecule is CCCC1C(C(=O)O)=C(C)C=C(N2CCOCC2)N1CCCC(F)(F)F. The molecule has 0 amide bonds. The Bertz CT molecular complexity index is 567. The number of hydrogen-bond donors (Lipinski definition) is 1. The zero-order chi connectivity index (χ0) is 19.3. The fraction of sp³-hybridized carbons (Fsp3) is 0.722. The molecule has 0 saturated carbocycles. The number of rotatable bonds is 7. The highest BCUT2D eigenvalue weighted by Gasteiger charge is 2.35. The van der Waals surface area contributed by atoms with Crippen LogP contribution >= 0.6 is 0 Å². The van der Waals surface area contributed by atoms with Crippen LogP contribution in [0.3, 0.4) is 0 Å². The number of aliphatic carboxylic acids is 1. The first-order valence-electron chi connectivity index (χ1n) is 9.06. The van der Waals surface area contributed by atoms with Crippen molar-refractivity contribution in [3.05, 3.63) is 23.0 Å². The summed E-state index contributed by atoms with van der Waals surface area (Å²) in [6.45, 7) is 6.31. The molecule has 2 aliphatic rings. The molecule has 8 heteroatoms. The molecule has 0 spiro atoms. The van der Waals surface area contributed by atoms with Gasteiger partial charge in [0.1, 0.15) is 5.82 Å². The molecule has 0 radical (unpaired) electrons. The Kier molecular flexibility index (Phi) is 6.97. The van der Waals surface area contributed by atoms with Gasteiger partial charge in [-0.3, -0.25) is 0 Å². The van der Waals surface area contributed by atoms with Gasteiger partial charge in [0.25, 0.3) is 0 Å². The van der Waals surface area contributed by atoms with Gasteiger partial charge in [0.15, 0.2) is 0 Å². The van der Waals surface area contributed by atoms with Crippen molar-refractivity contribution in [2.45, 2.75) is 51.7 Å². The van der Waals surface area contributed by atoms with E-state index >= 15 is 0 Å². The van der Waals surface area contributed by atoms with Gasteiger partial charge in [-0.1, -0.05) is 13.3 Å². The third-order valence-electron chi connectivity index (χ3n) is 4.76. The highest BCUT2D eigenvalue weighted by Crippen LogP contribution is 2.33. The highest BCUT2D eigenvalue weighted by molar-refractivity contribution is 5.90. The average Bonchev–Trinajstić information content (AvgIpc) is 2.56. The van der Waals surface area contributed by atoms with Crippen LogP contribution in [0.5, 0.6) is 0 Å². The minimum absolute atomic E-state index is 0.0582. The standard InChI is InChI=1S/C18H27F3N2O3/c1-3-5-14-16(17(24)25)13(2)12-15(22-8-10-26-11-9-22)23(14)7-4-6-18(19,20)21/h12,14H,3-11H2,1-2H3,(H,24,25). The Morgan fingerprint density at radius 3 is 2.54 bits per heavy atom. The molecule has 0 aromatic rings. The number of ether oxygens (including phenoxy) is 1. The lowest BCUT2D eigenvalue weighted by Crippen LogP contribution is -2.49. The van der Waals surface area contributed by atoms with Crippen molar-refractivity contribution in [2.24, 2.45) is 0 Å². The summed E-state index contributed by atoms with van der Waals surface area (Å²) in [5.41, 5.74) is 0.959. The molecule has 5 nitrogen and oxygen atoms in total. The molecule has 0 aromatic heterocycles. The van der Waals surface area contributed by atoms with Crippen molar-refractivity contribution in [3.8, 4) is 0 Å². The molecule has 0 aromatic carbocycles. The van der Waals surface area contributed by atoms with Crippen LogP contribution in [0, 0.1) is 0 Å². The van der Waals surface area contributed by atoms with E-state index in [1.54, 1.807) is 13.0 Å². The predicted octanol–water partition coefficient (Wildman–Crippen LogP) is 3.39. The van der Waals surface area contributed by atoms with Crippen LogP contribution in [0.15, 0.2) is 23.0 Å². The number of carboxylic acid groups (broad SMARTS) is 1.